The van der Waals surface area contributed by atoms with E-state index in [1.807, 2.05) is 0 Å². The fourth-order valence-corrected chi connectivity index (χ4v) is 2.27. The molecule has 0 unspecified atom stereocenters. The van der Waals surface area contributed by atoms with Crippen molar-refractivity contribution in [2.24, 2.45) is 0 Å². The maximum Gasteiger partial charge on any atom is 0.434 e. The molecule has 0 aliphatic heterocycles. The van der Waals surface area contributed by atoms with Crippen molar-refractivity contribution in [3.8, 4) is 0 Å². The number of hydrogen-bond acceptors (Lipinski definition) is 3. The molecule has 0 fully saturated rings. The summed E-state index contributed by atoms with van der Waals surface area (Å²) >= 11 is 1.10. The Bertz CT molecular complexity index is 343. The highest BCUT2D eigenvalue weighted by atomic mass is 32.1. The Labute approximate surface area is 97.1 Å². The smallest absolute Gasteiger partial charge is 0.354 e. The van der Waals surface area contributed by atoms with Crippen molar-refractivity contribution in [2.45, 2.75) is 32.4 Å². The van der Waals surface area contributed by atoms with E-state index in [-0.39, 0.29) is 4.88 Å². The van der Waals surface area contributed by atoms with Crippen LogP contribution in [0.25, 0.3) is 0 Å². The third-order valence-corrected chi connectivity index (χ3v) is 3.60. The highest BCUT2D eigenvalue weighted by Crippen LogP contribution is 2.42. The van der Waals surface area contributed by atoms with Gasteiger partial charge in [-0.25, -0.2) is 4.98 Å². The second-order valence-corrected chi connectivity index (χ2v) is 5.79. The second-order valence-electron chi connectivity index (χ2n) is 4.82. The molecule has 0 aliphatic carbocycles. The predicted octanol–water partition coefficient (Wildman–Crippen LogP) is 3.53. The van der Waals surface area contributed by atoms with Gasteiger partial charge in [-0.1, -0.05) is 20.8 Å². The Morgan fingerprint density at radius 3 is 1.88 bits per heavy atom. The van der Waals surface area contributed by atoms with Crippen LogP contribution in [-0.2, 0) is 11.6 Å². The summed E-state index contributed by atoms with van der Waals surface area (Å²) in [5.74, 6) is 0. The van der Waals surface area contributed by atoms with Crippen LogP contribution in [0.4, 0.5) is 18.3 Å². The van der Waals surface area contributed by atoms with Gasteiger partial charge in [0.15, 0.2) is 10.8 Å². The Morgan fingerprint density at radius 1 is 1.12 bits per heavy atom. The van der Waals surface area contributed by atoms with Gasteiger partial charge in [-0.05, 0) is 5.41 Å². The number of rotatable bonds is 1. The molecule has 1 heterocycles. The molecule has 1 aromatic heterocycles. The van der Waals surface area contributed by atoms with Crippen molar-refractivity contribution in [3.05, 3.63) is 10.6 Å². The van der Waals surface area contributed by atoms with Gasteiger partial charge in [0.25, 0.3) is 0 Å². The highest BCUT2D eigenvalue weighted by Gasteiger charge is 2.40. The van der Waals surface area contributed by atoms with E-state index < -0.39 is 17.3 Å². The van der Waals surface area contributed by atoms with Gasteiger partial charge < -0.3 is 4.90 Å². The summed E-state index contributed by atoms with van der Waals surface area (Å²) in [5.41, 5.74) is -1.30. The second kappa shape index (κ2) is 3.91. The van der Waals surface area contributed by atoms with E-state index >= 15 is 0 Å². The lowest BCUT2D eigenvalue weighted by Gasteiger charge is -2.18. The van der Waals surface area contributed by atoms with Crippen LogP contribution in [0.5, 0.6) is 0 Å². The molecule has 92 valence electrons. The molecule has 0 spiro atoms. The highest BCUT2D eigenvalue weighted by molar-refractivity contribution is 7.15. The lowest BCUT2D eigenvalue weighted by Crippen LogP contribution is -2.17. The summed E-state index contributed by atoms with van der Waals surface area (Å²) in [6.45, 7) is 5.28. The maximum absolute atomic E-state index is 12.8. The van der Waals surface area contributed by atoms with E-state index in [9.17, 15) is 13.2 Å². The minimum absolute atomic E-state index is 0.281. The normalized spacial score (nSPS) is 13.0. The SMILES string of the molecule is CN(C)c1nc(C(F)(F)F)c(C(C)(C)C)s1. The van der Waals surface area contributed by atoms with E-state index in [0.29, 0.717) is 5.13 Å². The molecule has 0 radical (unpaired) electrons. The minimum atomic E-state index is -4.38. The van der Waals surface area contributed by atoms with Crippen LogP contribution >= 0.6 is 11.3 Å². The molecule has 0 aromatic carbocycles. The number of nitrogens with zero attached hydrogens (tertiary/aromatic N) is 2. The summed E-state index contributed by atoms with van der Waals surface area (Å²) in [6.07, 6.45) is -4.38. The first-order chi connectivity index (χ1) is 7.03. The van der Waals surface area contributed by atoms with Gasteiger partial charge in [0.2, 0.25) is 0 Å². The van der Waals surface area contributed by atoms with Gasteiger partial charge in [-0.3, -0.25) is 0 Å². The van der Waals surface area contributed by atoms with Crippen LogP contribution in [0.15, 0.2) is 0 Å². The Balaban J connectivity index is 3.36. The van der Waals surface area contributed by atoms with E-state index in [4.69, 9.17) is 0 Å². The van der Waals surface area contributed by atoms with Gasteiger partial charge in [0.1, 0.15) is 0 Å². The minimum Gasteiger partial charge on any atom is -0.354 e. The fourth-order valence-electron chi connectivity index (χ4n) is 1.20. The van der Waals surface area contributed by atoms with Crippen LogP contribution < -0.4 is 4.90 Å². The summed E-state index contributed by atoms with van der Waals surface area (Å²) in [7, 11) is 3.37. The van der Waals surface area contributed by atoms with Gasteiger partial charge in [-0.15, -0.1) is 11.3 Å². The van der Waals surface area contributed by atoms with Crippen molar-refractivity contribution < 1.29 is 13.2 Å². The van der Waals surface area contributed by atoms with Gasteiger partial charge in [0, 0.05) is 19.0 Å². The number of anilines is 1. The molecule has 0 amide bonds. The number of halogens is 3. The molecule has 2 nitrogen and oxygen atoms in total. The van der Waals surface area contributed by atoms with Crippen LogP contribution in [0.2, 0.25) is 0 Å². The third-order valence-electron chi connectivity index (χ3n) is 1.95. The first-order valence-electron chi connectivity index (χ1n) is 4.79. The average molecular weight is 252 g/mol. The molecule has 0 saturated heterocycles. The summed E-state index contributed by atoms with van der Waals surface area (Å²) in [6, 6.07) is 0. The zero-order valence-electron chi connectivity index (χ0n) is 9.94. The van der Waals surface area contributed by atoms with E-state index in [1.165, 1.54) is 0 Å². The molecule has 1 aromatic rings. The molecule has 16 heavy (non-hydrogen) atoms. The number of hydrogen-bond donors (Lipinski definition) is 0. The standard InChI is InChI=1S/C10H15F3N2S/c1-9(2,3)7-6(10(11,12)13)14-8(16-7)15(4)5/h1-5H3. The van der Waals surface area contributed by atoms with Crippen LogP contribution in [-0.4, -0.2) is 19.1 Å². The van der Waals surface area contributed by atoms with E-state index in [0.717, 1.165) is 11.3 Å². The molecular formula is C10H15F3N2S. The zero-order chi connectivity index (χ0) is 12.7. The number of alkyl halides is 3. The van der Waals surface area contributed by atoms with Crippen LogP contribution in [0.3, 0.4) is 0 Å². The monoisotopic (exact) mass is 252 g/mol. The lowest BCUT2D eigenvalue weighted by atomic mass is 9.93. The first-order valence-corrected chi connectivity index (χ1v) is 5.61. The third kappa shape index (κ3) is 2.66. The summed E-state index contributed by atoms with van der Waals surface area (Å²) < 4.78 is 38.3. The van der Waals surface area contributed by atoms with Crippen molar-refractivity contribution in [3.63, 3.8) is 0 Å². The van der Waals surface area contributed by atoms with Crippen molar-refractivity contribution in [1.82, 2.24) is 4.98 Å². The number of aromatic nitrogens is 1. The molecule has 6 heteroatoms. The van der Waals surface area contributed by atoms with E-state index in [1.54, 1.807) is 39.8 Å². The first kappa shape index (κ1) is 13.3. The Kier molecular flexibility index (Phi) is 3.24. The maximum atomic E-state index is 12.8. The molecular weight excluding hydrogens is 237 g/mol. The topological polar surface area (TPSA) is 16.1 Å². The Hall–Kier alpha value is -0.780. The van der Waals surface area contributed by atoms with E-state index in [2.05, 4.69) is 4.98 Å². The molecule has 0 saturated carbocycles. The molecule has 0 aliphatic rings. The molecule has 1 rings (SSSR count). The number of thiazole rings is 1. The quantitative estimate of drug-likeness (QED) is 0.760. The Morgan fingerprint density at radius 2 is 1.62 bits per heavy atom. The lowest BCUT2D eigenvalue weighted by molar-refractivity contribution is -0.141. The molecule has 0 N–H and O–H groups in total. The average Bonchev–Trinajstić information content (AvgIpc) is 2.44. The van der Waals surface area contributed by atoms with Gasteiger partial charge >= 0.3 is 6.18 Å². The zero-order valence-corrected chi connectivity index (χ0v) is 10.8. The van der Waals surface area contributed by atoms with Crippen LogP contribution in [0.1, 0.15) is 31.3 Å². The van der Waals surface area contributed by atoms with Crippen LogP contribution in [0, 0.1) is 0 Å². The predicted molar refractivity (Wildman–Crippen MR) is 60.1 cm³/mol. The van der Waals surface area contributed by atoms with Crippen molar-refractivity contribution in [2.75, 3.05) is 19.0 Å². The largest absolute Gasteiger partial charge is 0.434 e. The van der Waals surface area contributed by atoms with Crippen molar-refractivity contribution in [1.29, 1.82) is 0 Å². The van der Waals surface area contributed by atoms with Crippen molar-refractivity contribution >= 4 is 16.5 Å². The van der Waals surface area contributed by atoms with Gasteiger partial charge in [0.05, 0.1) is 0 Å². The summed E-state index contributed by atoms with van der Waals surface area (Å²) in [4.78, 5) is 5.54. The molecule has 0 bridgehead atoms. The van der Waals surface area contributed by atoms with Gasteiger partial charge in [-0.2, -0.15) is 13.2 Å². The molecule has 0 atom stereocenters. The summed E-state index contributed by atoms with van der Waals surface area (Å²) in [5, 5.41) is 0.386. The fraction of sp³-hybridized carbons (Fsp3) is 0.700.